The molecule has 0 saturated heterocycles. The molecule has 1 aliphatic rings. The average Bonchev–Trinajstić information content (AvgIpc) is 3.66. The number of benzene rings is 8. The first-order chi connectivity index (χ1) is 27.2. The van der Waals surface area contributed by atoms with Crippen molar-refractivity contribution in [2.24, 2.45) is 0 Å². The van der Waals surface area contributed by atoms with E-state index in [4.69, 9.17) is 19.4 Å². The van der Waals surface area contributed by atoms with E-state index >= 15 is 0 Å². The summed E-state index contributed by atoms with van der Waals surface area (Å²) in [5.41, 5.74) is 11.8. The maximum Gasteiger partial charge on any atom is 0.167 e. The van der Waals surface area contributed by atoms with Crippen LogP contribution in [0.5, 0.6) is 0 Å². The first kappa shape index (κ1) is 31.4. The van der Waals surface area contributed by atoms with Gasteiger partial charge in [0.2, 0.25) is 0 Å². The van der Waals surface area contributed by atoms with Crippen LogP contribution in [0.2, 0.25) is 0 Å². The highest BCUT2D eigenvalue weighted by atomic mass is 16.3. The smallest absolute Gasteiger partial charge is 0.167 e. The first-order valence-corrected chi connectivity index (χ1v) is 18.8. The van der Waals surface area contributed by atoms with Crippen molar-refractivity contribution >= 4 is 32.5 Å². The molecule has 0 saturated carbocycles. The maximum absolute atomic E-state index is 7.09. The van der Waals surface area contributed by atoms with Gasteiger partial charge in [-0.2, -0.15) is 0 Å². The Morgan fingerprint density at radius 3 is 1.67 bits per heavy atom. The van der Waals surface area contributed by atoms with Crippen LogP contribution in [0, 0.1) is 0 Å². The van der Waals surface area contributed by atoms with E-state index < -0.39 is 0 Å². The Balaban J connectivity index is 1.16. The normalized spacial score (nSPS) is 12.2. The van der Waals surface area contributed by atoms with Crippen molar-refractivity contribution in [2.75, 3.05) is 0 Å². The summed E-state index contributed by atoms with van der Waals surface area (Å²) in [7, 11) is 0. The molecule has 2 aromatic heterocycles. The van der Waals surface area contributed by atoms with Gasteiger partial charge in [0.25, 0.3) is 0 Å². The Kier molecular flexibility index (Phi) is 7.27. The summed E-state index contributed by atoms with van der Waals surface area (Å²) in [6.07, 6.45) is 1.84. The van der Waals surface area contributed by atoms with Gasteiger partial charge in [-0.05, 0) is 86.5 Å². The van der Waals surface area contributed by atoms with Crippen molar-refractivity contribution in [1.29, 1.82) is 0 Å². The molecule has 0 spiro atoms. The standard InChI is InChI=1S/C51H33N3O/c1-2-11-32(12-3-1)38-18-10-19-39(29-38)42-27-28-45(48-46(42)44-26-25-35-15-8-9-20-43(35)47(44)55-48)51-53-49(40-23-21-33-13-4-6-16-36(33)30-40)52-50(54-51)41-24-22-34-14-5-7-17-37(34)31-41/h1-24,27-31H,25-26H2. The van der Waals surface area contributed by atoms with Crippen molar-refractivity contribution in [3.63, 3.8) is 0 Å². The fraction of sp³-hybridized carbons (Fsp3) is 0.0392. The predicted octanol–water partition coefficient (Wildman–Crippen LogP) is 13.0. The molecule has 0 N–H and O–H groups in total. The van der Waals surface area contributed by atoms with Gasteiger partial charge < -0.3 is 4.42 Å². The lowest BCUT2D eigenvalue weighted by molar-refractivity contribution is 0.622. The summed E-state index contributed by atoms with van der Waals surface area (Å²) in [5, 5.41) is 5.73. The van der Waals surface area contributed by atoms with Gasteiger partial charge in [0.15, 0.2) is 17.5 Å². The second-order valence-electron chi connectivity index (χ2n) is 14.3. The molecule has 0 radical (unpaired) electrons. The summed E-state index contributed by atoms with van der Waals surface area (Å²) in [4.78, 5) is 15.6. The van der Waals surface area contributed by atoms with E-state index in [1.165, 1.54) is 33.0 Å². The Morgan fingerprint density at radius 2 is 0.945 bits per heavy atom. The van der Waals surface area contributed by atoms with E-state index in [1.807, 2.05) is 0 Å². The third kappa shape index (κ3) is 5.42. The molecule has 0 amide bonds. The molecule has 8 aromatic carbocycles. The summed E-state index contributed by atoms with van der Waals surface area (Å²) in [6, 6.07) is 62.0. The van der Waals surface area contributed by atoms with E-state index in [-0.39, 0.29) is 0 Å². The monoisotopic (exact) mass is 703 g/mol. The van der Waals surface area contributed by atoms with E-state index in [0.29, 0.717) is 17.5 Å². The molecule has 0 atom stereocenters. The highest BCUT2D eigenvalue weighted by Gasteiger charge is 2.28. The molecular weight excluding hydrogens is 671 g/mol. The van der Waals surface area contributed by atoms with Crippen LogP contribution in [0.1, 0.15) is 11.1 Å². The fourth-order valence-corrected chi connectivity index (χ4v) is 8.27. The van der Waals surface area contributed by atoms with Crippen LogP contribution >= 0.6 is 0 Å². The van der Waals surface area contributed by atoms with E-state index in [1.54, 1.807) is 0 Å². The molecule has 4 heteroatoms. The van der Waals surface area contributed by atoms with Crippen LogP contribution < -0.4 is 0 Å². The lowest BCUT2D eigenvalue weighted by Gasteiger charge is -2.15. The van der Waals surface area contributed by atoms with Gasteiger partial charge in [0.1, 0.15) is 11.3 Å². The van der Waals surface area contributed by atoms with Crippen LogP contribution in [-0.2, 0) is 12.8 Å². The van der Waals surface area contributed by atoms with E-state index in [9.17, 15) is 0 Å². The molecule has 10 aromatic rings. The molecule has 2 heterocycles. The lowest BCUT2D eigenvalue weighted by atomic mass is 9.86. The third-order valence-corrected chi connectivity index (χ3v) is 11.0. The molecule has 0 unspecified atom stereocenters. The number of aromatic nitrogens is 3. The number of hydrogen-bond donors (Lipinski definition) is 0. The summed E-state index contributed by atoms with van der Waals surface area (Å²) in [6.45, 7) is 0. The second-order valence-corrected chi connectivity index (χ2v) is 14.3. The minimum absolute atomic E-state index is 0.579. The highest BCUT2D eigenvalue weighted by Crippen LogP contribution is 2.47. The third-order valence-electron chi connectivity index (χ3n) is 11.0. The highest BCUT2D eigenvalue weighted by molar-refractivity contribution is 6.06. The molecule has 4 nitrogen and oxygen atoms in total. The summed E-state index contributed by atoms with van der Waals surface area (Å²) >= 11 is 0. The quantitative estimate of drug-likeness (QED) is 0.179. The molecule has 55 heavy (non-hydrogen) atoms. The molecule has 1 aliphatic carbocycles. The number of fused-ring (bicyclic) bond motifs is 7. The van der Waals surface area contributed by atoms with Gasteiger partial charge in [-0.1, -0.05) is 152 Å². The van der Waals surface area contributed by atoms with Crippen molar-refractivity contribution in [1.82, 2.24) is 15.0 Å². The van der Waals surface area contributed by atoms with Gasteiger partial charge in [-0.3, -0.25) is 0 Å². The summed E-state index contributed by atoms with van der Waals surface area (Å²) in [5.74, 6) is 2.75. The number of furan rings is 1. The first-order valence-electron chi connectivity index (χ1n) is 18.8. The van der Waals surface area contributed by atoms with Crippen LogP contribution in [0.3, 0.4) is 0 Å². The van der Waals surface area contributed by atoms with Crippen molar-refractivity contribution in [3.05, 3.63) is 187 Å². The Hall–Kier alpha value is -7.17. The zero-order chi connectivity index (χ0) is 36.3. The van der Waals surface area contributed by atoms with Crippen molar-refractivity contribution in [2.45, 2.75) is 12.8 Å². The number of aryl methyl sites for hydroxylation is 2. The number of nitrogens with zero attached hydrogens (tertiary/aromatic N) is 3. The van der Waals surface area contributed by atoms with Crippen LogP contribution in [0.15, 0.2) is 180 Å². The molecule has 11 rings (SSSR count). The second kappa shape index (κ2) is 12.8. The molecular formula is C51H33N3O. The molecule has 0 bridgehead atoms. The SMILES string of the molecule is c1ccc(-c2cccc(-c3ccc(-c4nc(-c5ccc6ccccc6c5)nc(-c5ccc6ccccc6c5)n4)c4oc5c(c34)CCc3ccccc3-5)c2)cc1. The van der Waals surface area contributed by atoms with Gasteiger partial charge in [-0.15, -0.1) is 0 Å². The Labute approximate surface area is 318 Å². The van der Waals surface area contributed by atoms with Crippen LogP contribution in [0.25, 0.3) is 100 Å². The zero-order valence-corrected chi connectivity index (χ0v) is 29.9. The largest absolute Gasteiger partial charge is 0.455 e. The minimum Gasteiger partial charge on any atom is -0.455 e. The van der Waals surface area contributed by atoms with Gasteiger partial charge in [0.05, 0.1) is 5.56 Å². The topological polar surface area (TPSA) is 51.8 Å². The lowest BCUT2D eigenvalue weighted by Crippen LogP contribution is -2.02. The Bertz CT molecular complexity index is 3010. The Morgan fingerprint density at radius 1 is 0.364 bits per heavy atom. The van der Waals surface area contributed by atoms with Gasteiger partial charge in [0, 0.05) is 27.6 Å². The van der Waals surface area contributed by atoms with E-state index in [2.05, 4.69) is 176 Å². The number of hydrogen-bond acceptors (Lipinski definition) is 4. The minimum atomic E-state index is 0.579. The van der Waals surface area contributed by atoms with Crippen LogP contribution in [0.4, 0.5) is 0 Å². The fourth-order valence-electron chi connectivity index (χ4n) is 8.27. The predicted molar refractivity (Wildman–Crippen MR) is 225 cm³/mol. The van der Waals surface area contributed by atoms with Gasteiger partial charge >= 0.3 is 0 Å². The van der Waals surface area contributed by atoms with Crippen LogP contribution in [-0.4, -0.2) is 15.0 Å². The molecule has 0 aliphatic heterocycles. The van der Waals surface area contributed by atoms with Gasteiger partial charge in [-0.25, -0.2) is 15.0 Å². The zero-order valence-electron chi connectivity index (χ0n) is 29.9. The van der Waals surface area contributed by atoms with Crippen molar-refractivity contribution in [3.8, 4) is 67.7 Å². The average molecular weight is 704 g/mol. The maximum atomic E-state index is 7.09. The summed E-state index contributed by atoms with van der Waals surface area (Å²) < 4.78 is 7.09. The number of rotatable bonds is 5. The molecule has 258 valence electrons. The molecule has 0 fully saturated rings. The van der Waals surface area contributed by atoms with E-state index in [0.717, 1.165) is 73.7 Å². The van der Waals surface area contributed by atoms with Crippen molar-refractivity contribution < 1.29 is 4.42 Å².